The average Bonchev–Trinajstić information content (AvgIpc) is 2.46. The number of hydrogen-bond acceptors (Lipinski definition) is 1. The van der Waals surface area contributed by atoms with Crippen molar-refractivity contribution in [3.8, 4) is 0 Å². The van der Waals surface area contributed by atoms with E-state index in [4.69, 9.17) is 0 Å². The summed E-state index contributed by atoms with van der Waals surface area (Å²) in [6.07, 6.45) is 6.84. The largest absolute Gasteiger partial charge is 0.316 e. The van der Waals surface area contributed by atoms with Crippen molar-refractivity contribution < 1.29 is 0 Å². The number of hydrogen-bond donors (Lipinski definition) is 1. The molecule has 1 fully saturated rings. The van der Waals surface area contributed by atoms with Gasteiger partial charge in [0, 0.05) is 6.04 Å². The minimum Gasteiger partial charge on any atom is -0.316 e. The van der Waals surface area contributed by atoms with Gasteiger partial charge in [0.15, 0.2) is 0 Å². The molecule has 112 valence electrons. The van der Waals surface area contributed by atoms with Crippen LogP contribution in [-0.4, -0.2) is 13.1 Å². The molecule has 1 heteroatoms. The highest BCUT2D eigenvalue weighted by Gasteiger charge is 2.28. The molecule has 0 bridgehead atoms. The molecule has 1 aliphatic rings. The fourth-order valence-corrected chi connectivity index (χ4v) is 3.79. The summed E-state index contributed by atoms with van der Waals surface area (Å²) in [4.78, 5) is 0. The summed E-state index contributed by atoms with van der Waals surface area (Å²) in [5.41, 5.74) is 2.95. The number of rotatable bonds is 5. The van der Waals surface area contributed by atoms with Crippen molar-refractivity contribution >= 4 is 0 Å². The van der Waals surface area contributed by atoms with E-state index in [2.05, 4.69) is 57.4 Å². The zero-order valence-electron chi connectivity index (χ0n) is 13.7. The van der Waals surface area contributed by atoms with E-state index >= 15 is 0 Å². The molecular formula is C19H31N. The summed E-state index contributed by atoms with van der Waals surface area (Å²) in [6.45, 7) is 7.00. The Labute approximate surface area is 125 Å². The molecule has 1 atom stereocenters. The van der Waals surface area contributed by atoms with Crippen molar-refractivity contribution in [3.05, 3.63) is 35.4 Å². The molecule has 2 rings (SSSR count). The maximum atomic E-state index is 3.59. The van der Waals surface area contributed by atoms with Gasteiger partial charge in [-0.15, -0.1) is 0 Å². The van der Waals surface area contributed by atoms with Crippen LogP contribution in [0.15, 0.2) is 24.3 Å². The molecule has 1 nitrogen and oxygen atoms in total. The van der Waals surface area contributed by atoms with Gasteiger partial charge >= 0.3 is 0 Å². The second kappa shape index (κ2) is 7.26. The highest BCUT2D eigenvalue weighted by atomic mass is 14.9. The lowest BCUT2D eigenvalue weighted by Gasteiger charge is -2.35. The topological polar surface area (TPSA) is 12.0 Å². The van der Waals surface area contributed by atoms with Crippen LogP contribution < -0.4 is 5.32 Å². The molecule has 1 aromatic rings. The minimum absolute atomic E-state index is 0.643. The van der Waals surface area contributed by atoms with Gasteiger partial charge < -0.3 is 5.32 Å². The van der Waals surface area contributed by atoms with Crippen molar-refractivity contribution in [2.75, 3.05) is 7.05 Å². The summed E-state index contributed by atoms with van der Waals surface area (Å²) in [7, 11) is 2.14. The molecule has 0 aliphatic heterocycles. The summed E-state index contributed by atoms with van der Waals surface area (Å²) in [6, 6.07) is 9.48. The predicted octanol–water partition coefficient (Wildman–Crippen LogP) is 4.59. The molecule has 0 aromatic heterocycles. The molecule has 0 amide bonds. The SMILES string of the molecule is CNC(Cc1ccccc1C)C1CCC(C(C)C)CC1. The van der Waals surface area contributed by atoms with Crippen LogP contribution in [0.1, 0.15) is 50.7 Å². The van der Waals surface area contributed by atoms with Crippen LogP contribution in [0, 0.1) is 24.7 Å². The lowest BCUT2D eigenvalue weighted by atomic mass is 9.73. The van der Waals surface area contributed by atoms with Crippen LogP contribution in [0.4, 0.5) is 0 Å². The van der Waals surface area contributed by atoms with Gasteiger partial charge in [-0.2, -0.15) is 0 Å². The highest BCUT2D eigenvalue weighted by Crippen LogP contribution is 2.35. The van der Waals surface area contributed by atoms with E-state index in [1.807, 2.05) is 0 Å². The maximum Gasteiger partial charge on any atom is 0.0133 e. The van der Waals surface area contributed by atoms with Gasteiger partial charge in [0.25, 0.3) is 0 Å². The first-order valence-electron chi connectivity index (χ1n) is 8.33. The van der Waals surface area contributed by atoms with Crippen molar-refractivity contribution in [3.63, 3.8) is 0 Å². The second-order valence-electron chi connectivity index (χ2n) is 6.94. The van der Waals surface area contributed by atoms with Crippen LogP contribution in [0.2, 0.25) is 0 Å². The smallest absolute Gasteiger partial charge is 0.0133 e. The first-order chi connectivity index (χ1) is 9.61. The summed E-state index contributed by atoms with van der Waals surface area (Å²) in [5.74, 6) is 2.68. The standard InChI is InChI=1S/C19H31N/c1-14(2)16-9-11-17(12-10-16)19(20-4)13-18-8-6-5-7-15(18)3/h5-8,14,16-17,19-20H,9-13H2,1-4H3. The summed E-state index contributed by atoms with van der Waals surface area (Å²) >= 11 is 0. The number of likely N-dealkylation sites (N-methyl/N-ethyl adjacent to an activating group) is 1. The molecule has 1 N–H and O–H groups in total. The first-order valence-corrected chi connectivity index (χ1v) is 8.33. The van der Waals surface area contributed by atoms with Gasteiger partial charge in [-0.3, -0.25) is 0 Å². The van der Waals surface area contributed by atoms with Crippen molar-refractivity contribution in [2.24, 2.45) is 17.8 Å². The highest BCUT2D eigenvalue weighted by molar-refractivity contribution is 5.26. The molecule has 1 unspecified atom stereocenters. The van der Waals surface area contributed by atoms with E-state index in [9.17, 15) is 0 Å². The third kappa shape index (κ3) is 3.85. The van der Waals surface area contributed by atoms with E-state index < -0.39 is 0 Å². The Hall–Kier alpha value is -0.820. The monoisotopic (exact) mass is 273 g/mol. The molecular weight excluding hydrogens is 242 g/mol. The Morgan fingerprint density at radius 3 is 2.20 bits per heavy atom. The third-order valence-electron chi connectivity index (χ3n) is 5.40. The normalized spacial score (nSPS) is 24.9. The fraction of sp³-hybridized carbons (Fsp3) is 0.684. The molecule has 1 aromatic carbocycles. The van der Waals surface area contributed by atoms with E-state index in [0.717, 1.165) is 17.8 Å². The fourth-order valence-electron chi connectivity index (χ4n) is 3.79. The number of benzene rings is 1. The summed E-state index contributed by atoms with van der Waals surface area (Å²) < 4.78 is 0. The Morgan fingerprint density at radius 2 is 1.65 bits per heavy atom. The van der Waals surface area contributed by atoms with Gasteiger partial charge in [0.05, 0.1) is 0 Å². The van der Waals surface area contributed by atoms with Crippen molar-refractivity contribution in [1.82, 2.24) is 5.32 Å². The third-order valence-corrected chi connectivity index (χ3v) is 5.40. The van der Waals surface area contributed by atoms with Crippen molar-refractivity contribution in [2.45, 2.75) is 58.9 Å². The zero-order chi connectivity index (χ0) is 14.5. The van der Waals surface area contributed by atoms with Gasteiger partial charge in [0.1, 0.15) is 0 Å². The molecule has 1 saturated carbocycles. The predicted molar refractivity (Wildman–Crippen MR) is 88.0 cm³/mol. The molecule has 20 heavy (non-hydrogen) atoms. The van der Waals surface area contributed by atoms with Crippen molar-refractivity contribution in [1.29, 1.82) is 0 Å². The quantitative estimate of drug-likeness (QED) is 0.827. The minimum atomic E-state index is 0.643. The first kappa shape index (κ1) is 15.6. The van der Waals surface area contributed by atoms with Gasteiger partial charge in [-0.25, -0.2) is 0 Å². The van der Waals surface area contributed by atoms with E-state index in [1.165, 1.54) is 43.2 Å². The zero-order valence-corrected chi connectivity index (χ0v) is 13.7. The Kier molecular flexibility index (Phi) is 5.65. The molecule has 0 saturated heterocycles. The van der Waals surface area contributed by atoms with E-state index in [-0.39, 0.29) is 0 Å². The van der Waals surface area contributed by atoms with E-state index in [1.54, 1.807) is 0 Å². The van der Waals surface area contributed by atoms with Gasteiger partial charge in [-0.05, 0) is 75.0 Å². The summed E-state index contributed by atoms with van der Waals surface area (Å²) in [5, 5.41) is 3.59. The number of aryl methyl sites for hydroxylation is 1. The Bertz CT molecular complexity index is 402. The second-order valence-corrected chi connectivity index (χ2v) is 6.94. The Balaban J connectivity index is 1.95. The van der Waals surface area contributed by atoms with Gasteiger partial charge in [0.2, 0.25) is 0 Å². The molecule has 0 spiro atoms. The van der Waals surface area contributed by atoms with E-state index in [0.29, 0.717) is 6.04 Å². The number of nitrogens with one attached hydrogen (secondary N) is 1. The Morgan fingerprint density at radius 1 is 1.05 bits per heavy atom. The van der Waals surface area contributed by atoms with Crippen LogP contribution in [-0.2, 0) is 6.42 Å². The molecule has 0 heterocycles. The van der Waals surface area contributed by atoms with Crippen LogP contribution in [0.5, 0.6) is 0 Å². The van der Waals surface area contributed by atoms with Crippen LogP contribution in [0.3, 0.4) is 0 Å². The van der Waals surface area contributed by atoms with Gasteiger partial charge in [-0.1, -0.05) is 38.1 Å². The van der Waals surface area contributed by atoms with Crippen LogP contribution in [0.25, 0.3) is 0 Å². The maximum absolute atomic E-state index is 3.59. The molecule has 0 radical (unpaired) electrons. The lowest BCUT2D eigenvalue weighted by Crippen LogP contribution is -2.38. The average molecular weight is 273 g/mol. The lowest BCUT2D eigenvalue weighted by molar-refractivity contribution is 0.191. The molecule has 1 aliphatic carbocycles. The van der Waals surface area contributed by atoms with Crippen LogP contribution >= 0.6 is 0 Å².